The molecule has 0 bridgehead atoms. The molecule has 0 saturated carbocycles. The Morgan fingerprint density at radius 2 is 2.44 bits per heavy atom. The van der Waals surface area contributed by atoms with Crippen molar-refractivity contribution in [3.8, 4) is 0 Å². The van der Waals surface area contributed by atoms with E-state index >= 15 is 0 Å². The van der Waals surface area contributed by atoms with E-state index in [1.54, 1.807) is 18.2 Å². The summed E-state index contributed by atoms with van der Waals surface area (Å²) < 4.78 is 25.5. The summed E-state index contributed by atoms with van der Waals surface area (Å²) in [6.07, 6.45) is -0.364. The fourth-order valence-corrected chi connectivity index (χ4v) is 3.36. The number of aromatic nitrogens is 1. The van der Waals surface area contributed by atoms with Gasteiger partial charge in [-0.1, -0.05) is 6.07 Å². The van der Waals surface area contributed by atoms with Crippen LogP contribution in [-0.2, 0) is 10.8 Å². The third kappa shape index (κ3) is 3.09. The predicted octanol–water partition coefficient (Wildman–Crippen LogP) is 1.65. The number of nitrogens with zero attached hydrogens (tertiary/aromatic N) is 1. The van der Waals surface area contributed by atoms with Crippen molar-refractivity contribution >= 4 is 26.7 Å². The van der Waals surface area contributed by atoms with Crippen LogP contribution in [0, 0.1) is 0 Å². The smallest absolute Gasteiger partial charge is 0.128 e. The van der Waals surface area contributed by atoms with E-state index in [1.807, 2.05) is 0 Å². The van der Waals surface area contributed by atoms with Crippen LogP contribution in [0.2, 0.25) is 0 Å². The number of rotatable bonds is 3. The molecular weight excluding hydrogens is 295 g/mol. The standard InChI is InChI=1S/C10H12BrFN2OS/c11-9-2-1-3-10(14-9)16(15)6-8-4-7(12)5-13-8/h1-3,7-8,13H,4-6H2/t7-,8+,16?/m1/s1. The highest BCUT2D eigenvalue weighted by Gasteiger charge is 2.25. The van der Waals surface area contributed by atoms with Crippen molar-refractivity contribution in [2.45, 2.75) is 23.7 Å². The SMILES string of the molecule is O=S(C[C@@H]1C[C@@H](F)CN1)c1cccc(Br)n1. The van der Waals surface area contributed by atoms with Crippen molar-refractivity contribution in [3.63, 3.8) is 0 Å². The van der Waals surface area contributed by atoms with Crippen LogP contribution < -0.4 is 5.32 Å². The predicted molar refractivity (Wildman–Crippen MR) is 64.5 cm³/mol. The van der Waals surface area contributed by atoms with Crippen molar-refractivity contribution in [1.29, 1.82) is 0 Å². The van der Waals surface area contributed by atoms with Gasteiger partial charge in [0.25, 0.3) is 0 Å². The second kappa shape index (κ2) is 5.33. The lowest BCUT2D eigenvalue weighted by Gasteiger charge is -2.08. The molecule has 1 aromatic rings. The second-order valence-corrected chi connectivity index (χ2v) is 6.00. The molecule has 1 aliphatic rings. The van der Waals surface area contributed by atoms with E-state index < -0.39 is 17.0 Å². The molecule has 2 rings (SSSR count). The summed E-state index contributed by atoms with van der Waals surface area (Å²) in [5.41, 5.74) is 0. The molecule has 0 aromatic carbocycles. The third-order valence-electron chi connectivity index (χ3n) is 2.44. The maximum absolute atomic E-state index is 12.9. The highest BCUT2D eigenvalue weighted by atomic mass is 79.9. The van der Waals surface area contributed by atoms with E-state index in [-0.39, 0.29) is 6.04 Å². The van der Waals surface area contributed by atoms with Crippen LogP contribution in [0.1, 0.15) is 6.42 Å². The molecule has 1 N–H and O–H groups in total. The number of hydrogen-bond donors (Lipinski definition) is 1. The Bertz CT molecular complexity index is 404. The average Bonchev–Trinajstić information content (AvgIpc) is 2.64. The zero-order valence-electron chi connectivity index (χ0n) is 8.53. The first kappa shape index (κ1) is 12.1. The molecule has 1 saturated heterocycles. The third-order valence-corrected chi connectivity index (χ3v) is 4.28. The van der Waals surface area contributed by atoms with Crippen molar-refractivity contribution in [2.75, 3.05) is 12.3 Å². The molecule has 1 aliphatic heterocycles. The van der Waals surface area contributed by atoms with Crippen LogP contribution in [0.4, 0.5) is 4.39 Å². The Morgan fingerprint density at radius 3 is 3.06 bits per heavy atom. The number of alkyl halides is 1. The number of halogens is 2. The quantitative estimate of drug-likeness (QED) is 0.864. The molecule has 3 nitrogen and oxygen atoms in total. The van der Waals surface area contributed by atoms with Gasteiger partial charge in [-0.25, -0.2) is 9.37 Å². The number of hydrogen-bond acceptors (Lipinski definition) is 3. The van der Waals surface area contributed by atoms with Crippen LogP contribution >= 0.6 is 15.9 Å². The minimum atomic E-state index is -1.17. The lowest BCUT2D eigenvalue weighted by Crippen LogP contribution is -2.27. The van der Waals surface area contributed by atoms with Gasteiger partial charge in [0.1, 0.15) is 15.8 Å². The summed E-state index contributed by atoms with van der Waals surface area (Å²) >= 11 is 3.23. The first-order valence-corrected chi connectivity index (χ1v) is 7.15. The summed E-state index contributed by atoms with van der Waals surface area (Å²) in [6.45, 7) is 0.369. The van der Waals surface area contributed by atoms with Gasteiger partial charge >= 0.3 is 0 Å². The van der Waals surface area contributed by atoms with Gasteiger partial charge in [-0.05, 0) is 34.5 Å². The minimum Gasteiger partial charge on any atom is -0.310 e. The van der Waals surface area contributed by atoms with E-state index in [9.17, 15) is 8.60 Å². The molecule has 3 atom stereocenters. The fourth-order valence-electron chi connectivity index (χ4n) is 1.68. The molecule has 1 aromatic heterocycles. The lowest BCUT2D eigenvalue weighted by atomic mass is 10.2. The first-order chi connectivity index (χ1) is 7.65. The van der Waals surface area contributed by atoms with E-state index in [1.165, 1.54) is 0 Å². The van der Waals surface area contributed by atoms with Gasteiger partial charge in [-0.2, -0.15) is 0 Å². The Hall–Kier alpha value is -0.330. The van der Waals surface area contributed by atoms with Gasteiger partial charge in [-0.3, -0.25) is 4.21 Å². The molecule has 16 heavy (non-hydrogen) atoms. The molecule has 0 amide bonds. The van der Waals surface area contributed by atoms with Crippen LogP contribution in [0.5, 0.6) is 0 Å². The van der Waals surface area contributed by atoms with Gasteiger partial charge in [0.15, 0.2) is 0 Å². The summed E-state index contributed by atoms with van der Waals surface area (Å²) in [4.78, 5) is 4.13. The summed E-state index contributed by atoms with van der Waals surface area (Å²) in [6, 6.07) is 5.30. The van der Waals surface area contributed by atoms with E-state index in [4.69, 9.17) is 0 Å². The highest BCUT2D eigenvalue weighted by molar-refractivity contribution is 9.10. The number of pyridine rings is 1. The topological polar surface area (TPSA) is 42.0 Å². The summed E-state index contributed by atoms with van der Waals surface area (Å²) in [7, 11) is -1.17. The normalized spacial score (nSPS) is 26.9. The van der Waals surface area contributed by atoms with Crippen LogP contribution in [-0.4, -0.2) is 33.7 Å². The van der Waals surface area contributed by atoms with Crippen LogP contribution in [0.15, 0.2) is 27.8 Å². The van der Waals surface area contributed by atoms with Gasteiger partial charge < -0.3 is 5.32 Å². The van der Waals surface area contributed by atoms with Gasteiger partial charge in [0, 0.05) is 18.3 Å². The molecular formula is C10H12BrFN2OS. The summed E-state index contributed by atoms with van der Waals surface area (Å²) in [5.74, 6) is 0.421. The zero-order chi connectivity index (χ0) is 11.5. The molecule has 2 heterocycles. The maximum Gasteiger partial charge on any atom is 0.128 e. The van der Waals surface area contributed by atoms with Gasteiger partial charge in [0.2, 0.25) is 0 Å². The van der Waals surface area contributed by atoms with Crippen LogP contribution in [0.25, 0.3) is 0 Å². The Labute approximate surface area is 104 Å². The lowest BCUT2D eigenvalue weighted by molar-refractivity contribution is 0.357. The first-order valence-electron chi connectivity index (χ1n) is 5.03. The molecule has 0 spiro atoms. The molecule has 1 unspecified atom stereocenters. The van der Waals surface area contributed by atoms with E-state index in [0.717, 1.165) is 0 Å². The van der Waals surface area contributed by atoms with Crippen molar-refractivity contribution in [3.05, 3.63) is 22.8 Å². The largest absolute Gasteiger partial charge is 0.310 e. The molecule has 88 valence electrons. The summed E-state index contributed by atoms with van der Waals surface area (Å²) in [5, 5.41) is 3.55. The molecule has 0 radical (unpaired) electrons. The molecule has 1 fully saturated rings. The monoisotopic (exact) mass is 306 g/mol. The van der Waals surface area contributed by atoms with E-state index in [2.05, 4.69) is 26.2 Å². The Kier molecular flexibility index (Phi) is 4.05. The number of nitrogens with one attached hydrogen (secondary N) is 1. The minimum absolute atomic E-state index is 0.00313. The van der Waals surface area contributed by atoms with E-state index in [0.29, 0.717) is 28.3 Å². The zero-order valence-corrected chi connectivity index (χ0v) is 10.9. The van der Waals surface area contributed by atoms with Crippen molar-refractivity contribution in [2.24, 2.45) is 0 Å². The molecule has 6 heteroatoms. The van der Waals surface area contributed by atoms with Gasteiger partial charge in [0.05, 0.1) is 10.8 Å². The Balaban J connectivity index is 1.98. The van der Waals surface area contributed by atoms with Crippen molar-refractivity contribution in [1.82, 2.24) is 10.3 Å². The molecule has 0 aliphatic carbocycles. The average molecular weight is 307 g/mol. The maximum atomic E-state index is 12.9. The van der Waals surface area contributed by atoms with Gasteiger partial charge in [-0.15, -0.1) is 0 Å². The Morgan fingerprint density at radius 1 is 1.62 bits per heavy atom. The second-order valence-electron chi connectivity index (χ2n) is 3.75. The highest BCUT2D eigenvalue weighted by Crippen LogP contribution is 2.15. The fraction of sp³-hybridized carbons (Fsp3) is 0.500. The van der Waals surface area contributed by atoms with Crippen molar-refractivity contribution < 1.29 is 8.60 Å². The van der Waals surface area contributed by atoms with Crippen LogP contribution in [0.3, 0.4) is 0 Å².